The summed E-state index contributed by atoms with van der Waals surface area (Å²) in [5.74, 6) is 1.35. The van der Waals surface area contributed by atoms with Crippen molar-refractivity contribution >= 4 is 11.6 Å². The highest BCUT2D eigenvalue weighted by atomic mass is 16.5. The highest BCUT2D eigenvalue weighted by Crippen LogP contribution is 2.17. The fourth-order valence-electron chi connectivity index (χ4n) is 2.03. The molecule has 0 atom stereocenters. The Bertz CT molecular complexity index is 623. The summed E-state index contributed by atoms with van der Waals surface area (Å²) in [6.45, 7) is 4.78. The highest BCUT2D eigenvalue weighted by Gasteiger charge is 2.05. The topological polar surface area (TPSA) is 47.6 Å². The maximum atomic E-state index is 11.9. The van der Waals surface area contributed by atoms with Gasteiger partial charge in [0, 0.05) is 5.69 Å². The maximum absolute atomic E-state index is 11.9. The number of ether oxygens (including phenoxy) is 2. The van der Waals surface area contributed by atoms with E-state index in [1.165, 1.54) is 0 Å². The van der Waals surface area contributed by atoms with E-state index in [0.717, 1.165) is 35.6 Å². The molecule has 2 rings (SSSR count). The summed E-state index contributed by atoms with van der Waals surface area (Å²) >= 11 is 0. The van der Waals surface area contributed by atoms with Crippen LogP contribution in [0.5, 0.6) is 11.5 Å². The number of rotatable bonds is 8. The zero-order valence-electron chi connectivity index (χ0n) is 13.7. The van der Waals surface area contributed by atoms with Crippen LogP contribution in [0.25, 0.3) is 0 Å². The van der Waals surface area contributed by atoms with E-state index in [1.54, 1.807) is 0 Å². The molecule has 0 saturated heterocycles. The van der Waals surface area contributed by atoms with Crippen LogP contribution in [0.2, 0.25) is 0 Å². The summed E-state index contributed by atoms with van der Waals surface area (Å²) in [7, 11) is 0. The zero-order valence-corrected chi connectivity index (χ0v) is 13.7. The van der Waals surface area contributed by atoms with Crippen LogP contribution in [0.15, 0.2) is 48.5 Å². The van der Waals surface area contributed by atoms with Crippen molar-refractivity contribution < 1.29 is 14.3 Å². The van der Waals surface area contributed by atoms with Crippen LogP contribution in [0, 0.1) is 6.92 Å². The number of hydrogen-bond donors (Lipinski definition) is 1. The lowest BCUT2D eigenvalue weighted by atomic mass is 10.2. The molecule has 0 aliphatic heterocycles. The molecular weight excluding hydrogens is 290 g/mol. The van der Waals surface area contributed by atoms with Crippen LogP contribution in [0.4, 0.5) is 5.69 Å². The minimum absolute atomic E-state index is 0.0143. The third kappa shape index (κ3) is 5.66. The van der Waals surface area contributed by atoms with Crippen molar-refractivity contribution in [3.63, 3.8) is 0 Å². The molecule has 0 spiro atoms. The molecule has 0 saturated carbocycles. The van der Waals surface area contributed by atoms with Gasteiger partial charge in [-0.3, -0.25) is 4.79 Å². The lowest BCUT2D eigenvalue weighted by Crippen LogP contribution is -2.20. The quantitative estimate of drug-likeness (QED) is 0.743. The first-order valence-corrected chi connectivity index (χ1v) is 7.90. The Labute approximate surface area is 137 Å². The van der Waals surface area contributed by atoms with Crippen LogP contribution in [-0.2, 0) is 4.79 Å². The molecule has 23 heavy (non-hydrogen) atoms. The molecule has 0 bridgehead atoms. The predicted molar refractivity (Wildman–Crippen MR) is 92.1 cm³/mol. The molecule has 0 unspecified atom stereocenters. The number of unbranched alkanes of at least 4 members (excludes halogenated alkanes) is 1. The van der Waals surface area contributed by atoms with Gasteiger partial charge in [0.1, 0.15) is 11.5 Å². The molecule has 0 aromatic heterocycles. The molecule has 0 radical (unpaired) electrons. The van der Waals surface area contributed by atoms with Gasteiger partial charge in [0.05, 0.1) is 6.61 Å². The van der Waals surface area contributed by atoms with E-state index in [1.807, 2.05) is 55.5 Å². The molecule has 2 aromatic carbocycles. The van der Waals surface area contributed by atoms with E-state index in [2.05, 4.69) is 12.2 Å². The van der Waals surface area contributed by atoms with E-state index in [-0.39, 0.29) is 12.5 Å². The van der Waals surface area contributed by atoms with Crippen molar-refractivity contribution in [2.24, 2.45) is 0 Å². The van der Waals surface area contributed by atoms with Crippen LogP contribution in [0.1, 0.15) is 25.3 Å². The first-order valence-electron chi connectivity index (χ1n) is 7.90. The Morgan fingerprint density at radius 1 is 1.04 bits per heavy atom. The molecule has 2 aromatic rings. The second kappa shape index (κ2) is 8.83. The number of amides is 1. The fourth-order valence-corrected chi connectivity index (χ4v) is 2.03. The van der Waals surface area contributed by atoms with E-state index in [9.17, 15) is 4.79 Å². The van der Waals surface area contributed by atoms with Crippen molar-refractivity contribution in [3.8, 4) is 11.5 Å². The Morgan fingerprint density at radius 3 is 2.48 bits per heavy atom. The fraction of sp³-hybridized carbons (Fsp3) is 0.316. The van der Waals surface area contributed by atoms with Crippen molar-refractivity contribution in [1.82, 2.24) is 0 Å². The lowest BCUT2D eigenvalue weighted by molar-refractivity contribution is -0.118. The van der Waals surface area contributed by atoms with E-state index >= 15 is 0 Å². The normalized spacial score (nSPS) is 10.2. The minimum atomic E-state index is -0.187. The van der Waals surface area contributed by atoms with Gasteiger partial charge in [-0.1, -0.05) is 31.5 Å². The Kier molecular flexibility index (Phi) is 6.48. The summed E-state index contributed by atoms with van der Waals surface area (Å²) in [6.07, 6.45) is 2.14. The SMILES string of the molecule is CCCCOc1ccc(NC(=O)COc2ccccc2C)cc1. The number of anilines is 1. The van der Waals surface area contributed by atoms with Gasteiger partial charge in [-0.2, -0.15) is 0 Å². The van der Waals surface area contributed by atoms with Gasteiger partial charge >= 0.3 is 0 Å². The van der Waals surface area contributed by atoms with Crippen molar-refractivity contribution in [3.05, 3.63) is 54.1 Å². The number of hydrogen-bond acceptors (Lipinski definition) is 3. The predicted octanol–water partition coefficient (Wildman–Crippen LogP) is 4.19. The van der Waals surface area contributed by atoms with Gasteiger partial charge in [-0.05, 0) is 49.2 Å². The zero-order chi connectivity index (χ0) is 16.5. The Morgan fingerprint density at radius 2 is 1.78 bits per heavy atom. The van der Waals surface area contributed by atoms with E-state index in [0.29, 0.717) is 6.61 Å². The van der Waals surface area contributed by atoms with Crippen molar-refractivity contribution in [2.45, 2.75) is 26.7 Å². The smallest absolute Gasteiger partial charge is 0.262 e. The summed E-state index contributed by atoms with van der Waals surface area (Å²) < 4.78 is 11.1. The largest absolute Gasteiger partial charge is 0.494 e. The standard InChI is InChI=1S/C19H23NO3/c1-3-4-13-22-17-11-9-16(10-12-17)20-19(21)14-23-18-8-6-5-7-15(18)2/h5-12H,3-4,13-14H2,1-2H3,(H,20,21). The third-order valence-corrected chi connectivity index (χ3v) is 3.36. The van der Waals surface area contributed by atoms with Crippen LogP contribution >= 0.6 is 0 Å². The molecule has 0 fully saturated rings. The first-order chi connectivity index (χ1) is 11.2. The average Bonchev–Trinajstić information content (AvgIpc) is 2.56. The first kappa shape index (κ1) is 16.9. The van der Waals surface area contributed by atoms with E-state index < -0.39 is 0 Å². The summed E-state index contributed by atoms with van der Waals surface area (Å²) in [5.41, 5.74) is 1.74. The number of nitrogens with one attached hydrogen (secondary N) is 1. The molecule has 0 aliphatic rings. The summed E-state index contributed by atoms with van der Waals surface area (Å²) in [5, 5.41) is 2.81. The molecular formula is C19H23NO3. The molecule has 4 nitrogen and oxygen atoms in total. The Balaban J connectivity index is 1.80. The monoisotopic (exact) mass is 313 g/mol. The van der Waals surface area contributed by atoms with Gasteiger partial charge in [-0.15, -0.1) is 0 Å². The van der Waals surface area contributed by atoms with Crippen LogP contribution in [0.3, 0.4) is 0 Å². The molecule has 122 valence electrons. The molecule has 0 aliphatic carbocycles. The maximum Gasteiger partial charge on any atom is 0.262 e. The molecule has 1 amide bonds. The lowest BCUT2D eigenvalue weighted by Gasteiger charge is -2.10. The second-order valence-corrected chi connectivity index (χ2v) is 5.33. The van der Waals surface area contributed by atoms with Crippen LogP contribution in [-0.4, -0.2) is 19.1 Å². The summed E-state index contributed by atoms with van der Waals surface area (Å²) in [6, 6.07) is 15.0. The molecule has 1 N–H and O–H groups in total. The second-order valence-electron chi connectivity index (χ2n) is 5.33. The number of benzene rings is 2. The number of carbonyl (C=O) groups is 1. The minimum Gasteiger partial charge on any atom is -0.494 e. The van der Waals surface area contributed by atoms with Gasteiger partial charge < -0.3 is 14.8 Å². The Hall–Kier alpha value is -2.49. The summed E-state index contributed by atoms with van der Waals surface area (Å²) in [4.78, 5) is 11.9. The van der Waals surface area contributed by atoms with E-state index in [4.69, 9.17) is 9.47 Å². The van der Waals surface area contributed by atoms with Crippen molar-refractivity contribution in [2.75, 3.05) is 18.5 Å². The van der Waals surface area contributed by atoms with Crippen molar-refractivity contribution in [1.29, 1.82) is 0 Å². The average molecular weight is 313 g/mol. The number of aryl methyl sites for hydroxylation is 1. The molecule has 0 heterocycles. The van der Waals surface area contributed by atoms with Gasteiger partial charge in [-0.25, -0.2) is 0 Å². The third-order valence-electron chi connectivity index (χ3n) is 3.36. The van der Waals surface area contributed by atoms with Crippen LogP contribution < -0.4 is 14.8 Å². The van der Waals surface area contributed by atoms with Gasteiger partial charge in [0.2, 0.25) is 0 Å². The number of carbonyl (C=O) groups excluding carboxylic acids is 1. The van der Waals surface area contributed by atoms with Gasteiger partial charge in [0.25, 0.3) is 5.91 Å². The van der Waals surface area contributed by atoms with Gasteiger partial charge in [0.15, 0.2) is 6.61 Å². The highest BCUT2D eigenvalue weighted by molar-refractivity contribution is 5.91. The number of para-hydroxylation sites is 1. The molecule has 4 heteroatoms.